The lowest BCUT2D eigenvalue weighted by molar-refractivity contribution is 0.266. The van der Waals surface area contributed by atoms with E-state index >= 15 is 0 Å². The first-order valence-corrected chi connectivity index (χ1v) is 5.49. The first kappa shape index (κ1) is 12.0. The van der Waals surface area contributed by atoms with Crippen LogP contribution in [0.2, 0.25) is 0 Å². The molecule has 1 atom stereocenters. The van der Waals surface area contributed by atoms with E-state index in [0.29, 0.717) is 10.5 Å². The van der Waals surface area contributed by atoms with Gasteiger partial charge in [-0.05, 0) is 22.9 Å². The van der Waals surface area contributed by atoms with Crippen molar-refractivity contribution in [3.63, 3.8) is 0 Å². The first-order valence-electron chi connectivity index (χ1n) is 4.70. The molecule has 1 heterocycles. The Hall–Kier alpha value is -1.08. The van der Waals surface area contributed by atoms with Crippen molar-refractivity contribution in [2.75, 3.05) is 0 Å². The summed E-state index contributed by atoms with van der Waals surface area (Å²) in [6, 6.07) is 1.71. The van der Waals surface area contributed by atoms with Gasteiger partial charge in [-0.3, -0.25) is 0 Å². The Morgan fingerprint density at radius 2 is 2.07 bits per heavy atom. The smallest absolute Gasteiger partial charge is 0.218 e. The van der Waals surface area contributed by atoms with Crippen LogP contribution in [0, 0.1) is 12.3 Å². The average molecular weight is 269 g/mol. The van der Waals surface area contributed by atoms with E-state index in [-0.39, 0.29) is 12.0 Å². The molecule has 3 nitrogen and oxygen atoms in total. The number of rotatable bonds is 3. The largest absolute Gasteiger partial charge is 0.461 e. The predicted octanol–water partition coefficient (Wildman–Crippen LogP) is 2.76. The molecule has 0 aliphatic carbocycles. The van der Waals surface area contributed by atoms with Gasteiger partial charge >= 0.3 is 0 Å². The van der Waals surface area contributed by atoms with Gasteiger partial charge < -0.3 is 4.74 Å². The molecular weight excluding hydrogens is 256 g/mol. The maximum atomic E-state index is 5.42. The van der Waals surface area contributed by atoms with Crippen LogP contribution in [0.25, 0.3) is 0 Å². The summed E-state index contributed by atoms with van der Waals surface area (Å²) in [6.07, 6.45) is 4.94. The molecule has 0 amide bonds. The lowest BCUT2D eigenvalue weighted by Crippen LogP contribution is -2.11. The van der Waals surface area contributed by atoms with Crippen LogP contribution in [0.15, 0.2) is 10.7 Å². The van der Waals surface area contributed by atoms with Crippen molar-refractivity contribution in [3.05, 3.63) is 16.5 Å². The molecule has 1 unspecified atom stereocenters. The fourth-order valence-corrected chi connectivity index (χ4v) is 1.32. The lowest BCUT2D eigenvalue weighted by Gasteiger charge is -2.10. The monoisotopic (exact) mass is 268 g/mol. The standard InChI is InChI=1S/C11H13BrN2O/c1-5-8(4)15-10-6-9(12)13-11(14-10)7(2)3/h1,6-8H,2-4H3. The number of hydrogen-bond donors (Lipinski definition) is 0. The van der Waals surface area contributed by atoms with Gasteiger partial charge in [-0.15, -0.1) is 6.42 Å². The molecule has 0 aromatic carbocycles. The molecule has 0 aliphatic rings. The Kier molecular flexibility index (Phi) is 4.10. The summed E-state index contributed by atoms with van der Waals surface area (Å²) in [6.45, 7) is 5.84. The highest BCUT2D eigenvalue weighted by molar-refractivity contribution is 9.10. The quantitative estimate of drug-likeness (QED) is 0.625. The highest BCUT2D eigenvalue weighted by Gasteiger charge is 2.09. The molecule has 0 N–H and O–H groups in total. The fraction of sp³-hybridized carbons (Fsp3) is 0.455. The minimum Gasteiger partial charge on any atom is -0.461 e. The van der Waals surface area contributed by atoms with Crippen LogP contribution in [-0.2, 0) is 0 Å². The highest BCUT2D eigenvalue weighted by Crippen LogP contribution is 2.19. The fourth-order valence-electron chi connectivity index (χ4n) is 0.947. The molecule has 0 saturated heterocycles. The number of aromatic nitrogens is 2. The molecule has 0 fully saturated rings. The van der Waals surface area contributed by atoms with Gasteiger partial charge in [-0.2, -0.15) is 4.98 Å². The summed E-state index contributed by atoms with van der Waals surface area (Å²) < 4.78 is 6.13. The van der Waals surface area contributed by atoms with Gasteiger partial charge in [0, 0.05) is 12.0 Å². The minimum absolute atomic E-state index is 0.256. The van der Waals surface area contributed by atoms with Gasteiger partial charge in [0.2, 0.25) is 5.88 Å². The van der Waals surface area contributed by atoms with E-state index in [2.05, 4.69) is 31.8 Å². The third-order valence-corrected chi connectivity index (χ3v) is 2.14. The number of hydrogen-bond acceptors (Lipinski definition) is 3. The van der Waals surface area contributed by atoms with Crippen molar-refractivity contribution in [2.45, 2.75) is 32.8 Å². The van der Waals surface area contributed by atoms with Crippen molar-refractivity contribution < 1.29 is 4.74 Å². The normalized spacial score (nSPS) is 12.3. The van der Waals surface area contributed by atoms with E-state index in [4.69, 9.17) is 11.2 Å². The molecule has 0 saturated carbocycles. The average Bonchev–Trinajstić information content (AvgIpc) is 2.16. The Bertz CT molecular complexity index is 385. The molecule has 0 aliphatic heterocycles. The third kappa shape index (κ3) is 3.52. The minimum atomic E-state index is -0.285. The van der Waals surface area contributed by atoms with Crippen molar-refractivity contribution in [1.29, 1.82) is 0 Å². The molecule has 0 radical (unpaired) electrons. The van der Waals surface area contributed by atoms with Crippen LogP contribution in [0.4, 0.5) is 0 Å². The zero-order chi connectivity index (χ0) is 11.4. The Balaban J connectivity index is 2.95. The van der Waals surface area contributed by atoms with E-state index in [0.717, 1.165) is 5.82 Å². The third-order valence-electron chi connectivity index (χ3n) is 1.74. The zero-order valence-corrected chi connectivity index (χ0v) is 10.6. The molecule has 1 rings (SSSR count). The van der Waals surface area contributed by atoms with E-state index in [1.54, 1.807) is 13.0 Å². The van der Waals surface area contributed by atoms with Crippen LogP contribution in [0.1, 0.15) is 32.5 Å². The van der Waals surface area contributed by atoms with Gasteiger partial charge in [-0.25, -0.2) is 4.98 Å². The zero-order valence-electron chi connectivity index (χ0n) is 8.99. The van der Waals surface area contributed by atoms with Gasteiger partial charge in [-0.1, -0.05) is 19.8 Å². The summed E-state index contributed by atoms with van der Waals surface area (Å²) in [4.78, 5) is 8.50. The maximum Gasteiger partial charge on any atom is 0.218 e. The molecular formula is C11H13BrN2O. The van der Waals surface area contributed by atoms with E-state index < -0.39 is 0 Å². The van der Waals surface area contributed by atoms with E-state index in [9.17, 15) is 0 Å². The first-order chi connectivity index (χ1) is 7.02. The van der Waals surface area contributed by atoms with Gasteiger partial charge in [0.05, 0.1) is 0 Å². The molecule has 4 heteroatoms. The van der Waals surface area contributed by atoms with Crippen LogP contribution in [0.3, 0.4) is 0 Å². The maximum absolute atomic E-state index is 5.42. The predicted molar refractivity (Wildman–Crippen MR) is 62.7 cm³/mol. The molecule has 0 bridgehead atoms. The van der Waals surface area contributed by atoms with Gasteiger partial charge in [0.25, 0.3) is 0 Å². The number of halogens is 1. The van der Waals surface area contributed by atoms with Crippen LogP contribution in [-0.4, -0.2) is 16.1 Å². The number of ether oxygens (including phenoxy) is 1. The van der Waals surface area contributed by atoms with Crippen molar-refractivity contribution >= 4 is 15.9 Å². The second-order valence-corrected chi connectivity index (χ2v) is 4.28. The lowest BCUT2D eigenvalue weighted by atomic mass is 10.2. The van der Waals surface area contributed by atoms with Crippen LogP contribution < -0.4 is 4.74 Å². The highest BCUT2D eigenvalue weighted by atomic mass is 79.9. The number of terminal acetylenes is 1. The summed E-state index contributed by atoms with van der Waals surface area (Å²) in [7, 11) is 0. The molecule has 0 spiro atoms. The molecule has 1 aromatic rings. The Morgan fingerprint density at radius 1 is 1.40 bits per heavy atom. The Morgan fingerprint density at radius 3 is 2.60 bits per heavy atom. The van der Waals surface area contributed by atoms with Crippen molar-refractivity contribution in [3.8, 4) is 18.2 Å². The Labute approximate surface area is 98.4 Å². The summed E-state index contributed by atoms with van der Waals surface area (Å²) in [5.74, 6) is 3.98. The molecule has 15 heavy (non-hydrogen) atoms. The van der Waals surface area contributed by atoms with Crippen molar-refractivity contribution in [2.24, 2.45) is 0 Å². The topological polar surface area (TPSA) is 35.0 Å². The number of nitrogens with zero attached hydrogens (tertiary/aromatic N) is 2. The second kappa shape index (κ2) is 5.13. The summed E-state index contributed by atoms with van der Waals surface area (Å²) in [5, 5.41) is 0. The summed E-state index contributed by atoms with van der Waals surface area (Å²) >= 11 is 3.31. The van der Waals surface area contributed by atoms with Crippen LogP contribution >= 0.6 is 15.9 Å². The van der Waals surface area contributed by atoms with E-state index in [1.807, 2.05) is 13.8 Å². The van der Waals surface area contributed by atoms with Gasteiger partial charge in [0.1, 0.15) is 10.4 Å². The van der Waals surface area contributed by atoms with Crippen LogP contribution in [0.5, 0.6) is 5.88 Å². The van der Waals surface area contributed by atoms with Gasteiger partial charge in [0.15, 0.2) is 6.10 Å². The molecule has 80 valence electrons. The second-order valence-electron chi connectivity index (χ2n) is 3.47. The van der Waals surface area contributed by atoms with Crippen molar-refractivity contribution in [1.82, 2.24) is 9.97 Å². The SMILES string of the molecule is C#CC(C)Oc1cc(Br)nc(C(C)C)n1. The van der Waals surface area contributed by atoms with E-state index in [1.165, 1.54) is 0 Å². The summed E-state index contributed by atoms with van der Waals surface area (Å²) in [5.41, 5.74) is 0. The molecule has 1 aromatic heterocycles.